The van der Waals surface area contributed by atoms with E-state index in [1.807, 2.05) is 43.9 Å². The maximum atomic E-state index is 12.3. The van der Waals surface area contributed by atoms with Crippen LogP contribution >= 0.6 is 0 Å². The molecule has 0 N–H and O–H groups in total. The Morgan fingerprint density at radius 2 is 2.16 bits per heavy atom. The lowest BCUT2D eigenvalue weighted by atomic mass is 9.99. The second-order valence-corrected chi connectivity index (χ2v) is 5.23. The van der Waals surface area contributed by atoms with Gasteiger partial charge in [0.2, 0.25) is 0 Å². The number of amides is 1. The molecule has 0 fully saturated rings. The maximum absolute atomic E-state index is 12.3. The molecule has 1 aliphatic rings. The summed E-state index contributed by atoms with van der Waals surface area (Å²) in [4.78, 5) is 14.2. The first-order valence-corrected chi connectivity index (χ1v) is 6.43. The van der Waals surface area contributed by atoms with Crippen molar-refractivity contribution < 1.29 is 9.32 Å². The lowest BCUT2D eigenvalue weighted by Crippen LogP contribution is -2.30. The molecule has 2 aromatic rings. The van der Waals surface area contributed by atoms with Gasteiger partial charge < -0.3 is 9.42 Å². The number of hydrogen-bond donors (Lipinski definition) is 0. The fourth-order valence-corrected chi connectivity index (χ4v) is 2.61. The summed E-state index contributed by atoms with van der Waals surface area (Å²) >= 11 is 0. The molecule has 2 heterocycles. The van der Waals surface area contributed by atoms with Gasteiger partial charge in [-0.25, -0.2) is 0 Å². The van der Waals surface area contributed by atoms with Gasteiger partial charge >= 0.3 is 0 Å². The first-order chi connectivity index (χ1) is 9.08. The van der Waals surface area contributed by atoms with Gasteiger partial charge in [-0.15, -0.1) is 0 Å². The Kier molecular flexibility index (Phi) is 2.66. The first-order valence-electron chi connectivity index (χ1n) is 6.43. The van der Waals surface area contributed by atoms with Gasteiger partial charge in [0, 0.05) is 29.8 Å². The van der Waals surface area contributed by atoms with Crippen molar-refractivity contribution in [2.45, 2.75) is 33.4 Å². The van der Waals surface area contributed by atoms with Crippen LogP contribution in [0.15, 0.2) is 28.9 Å². The summed E-state index contributed by atoms with van der Waals surface area (Å²) in [6.45, 7) is 6.72. The van der Waals surface area contributed by atoms with Gasteiger partial charge in [-0.05, 0) is 44.0 Å². The predicted octanol–water partition coefficient (Wildman–Crippen LogP) is 3.01. The summed E-state index contributed by atoms with van der Waals surface area (Å²) in [5.74, 6) is 0.868. The van der Waals surface area contributed by atoms with Crippen LogP contribution in [0.2, 0.25) is 0 Å². The van der Waals surface area contributed by atoms with Crippen molar-refractivity contribution in [1.29, 1.82) is 0 Å². The third-order valence-corrected chi connectivity index (χ3v) is 3.58. The second-order valence-electron chi connectivity index (χ2n) is 5.23. The Labute approximate surface area is 112 Å². The SMILES string of the molecule is Cc1cc(-c2ccno2)cc2c1C(=O)N(C(C)C)C2. The molecule has 19 heavy (non-hydrogen) atoms. The smallest absolute Gasteiger partial charge is 0.255 e. The van der Waals surface area contributed by atoms with Gasteiger partial charge in [0.15, 0.2) is 5.76 Å². The Hall–Kier alpha value is -2.10. The van der Waals surface area contributed by atoms with E-state index in [2.05, 4.69) is 5.16 Å². The number of hydrogen-bond acceptors (Lipinski definition) is 3. The zero-order valence-corrected chi connectivity index (χ0v) is 11.3. The topological polar surface area (TPSA) is 46.3 Å². The fourth-order valence-electron chi connectivity index (χ4n) is 2.61. The van der Waals surface area contributed by atoms with Gasteiger partial charge in [0.05, 0.1) is 6.20 Å². The number of fused-ring (bicyclic) bond motifs is 1. The Bertz CT molecular complexity index is 630. The Morgan fingerprint density at radius 1 is 1.37 bits per heavy atom. The lowest BCUT2D eigenvalue weighted by molar-refractivity contribution is 0.0730. The van der Waals surface area contributed by atoms with Crippen LogP contribution in [0.4, 0.5) is 0 Å². The van der Waals surface area contributed by atoms with Crippen LogP contribution in [0.25, 0.3) is 11.3 Å². The standard InChI is InChI=1S/C15H16N2O2/c1-9(2)17-8-12-7-11(13-4-5-16-19-13)6-10(3)14(12)15(17)18/h4-7,9H,8H2,1-3H3. The van der Waals surface area contributed by atoms with Crippen LogP contribution in [-0.2, 0) is 6.54 Å². The van der Waals surface area contributed by atoms with Crippen LogP contribution < -0.4 is 0 Å². The molecule has 1 aliphatic heterocycles. The highest BCUT2D eigenvalue weighted by molar-refractivity contribution is 6.00. The molecule has 1 aromatic carbocycles. The number of benzene rings is 1. The van der Waals surface area contributed by atoms with Crippen LogP contribution in [0.3, 0.4) is 0 Å². The summed E-state index contributed by atoms with van der Waals surface area (Å²) in [5.41, 5.74) is 3.89. The largest absolute Gasteiger partial charge is 0.356 e. The summed E-state index contributed by atoms with van der Waals surface area (Å²) in [6, 6.07) is 6.07. The molecule has 98 valence electrons. The molecular formula is C15H16N2O2. The summed E-state index contributed by atoms with van der Waals surface area (Å²) < 4.78 is 5.19. The molecule has 0 atom stereocenters. The van der Waals surface area contributed by atoms with E-state index in [-0.39, 0.29) is 11.9 Å². The number of nitrogens with zero attached hydrogens (tertiary/aromatic N) is 2. The van der Waals surface area contributed by atoms with E-state index in [9.17, 15) is 4.79 Å². The quantitative estimate of drug-likeness (QED) is 0.829. The highest BCUT2D eigenvalue weighted by Crippen LogP contribution is 2.32. The van der Waals surface area contributed by atoms with Crippen molar-refractivity contribution in [3.63, 3.8) is 0 Å². The zero-order valence-electron chi connectivity index (χ0n) is 11.3. The predicted molar refractivity (Wildman–Crippen MR) is 71.7 cm³/mol. The van der Waals surface area contributed by atoms with Gasteiger partial charge in [0.1, 0.15) is 0 Å². The van der Waals surface area contributed by atoms with Crippen molar-refractivity contribution in [3.8, 4) is 11.3 Å². The van der Waals surface area contributed by atoms with Crippen LogP contribution in [0.1, 0.15) is 35.3 Å². The van der Waals surface area contributed by atoms with E-state index in [0.29, 0.717) is 6.54 Å². The van der Waals surface area contributed by atoms with Gasteiger partial charge in [-0.1, -0.05) is 5.16 Å². The van der Waals surface area contributed by atoms with E-state index < -0.39 is 0 Å². The lowest BCUT2D eigenvalue weighted by Gasteiger charge is -2.19. The number of carbonyl (C=O) groups excluding carboxylic acids is 1. The van der Waals surface area contributed by atoms with Gasteiger partial charge in [-0.3, -0.25) is 4.79 Å². The maximum Gasteiger partial charge on any atom is 0.255 e. The average molecular weight is 256 g/mol. The summed E-state index contributed by atoms with van der Waals surface area (Å²) in [7, 11) is 0. The minimum absolute atomic E-state index is 0.131. The molecule has 0 saturated heterocycles. The monoisotopic (exact) mass is 256 g/mol. The van der Waals surface area contributed by atoms with Gasteiger partial charge in [0.25, 0.3) is 5.91 Å². The molecule has 3 rings (SSSR count). The third-order valence-electron chi connectivity index (χ3n) is 3.58. The average Bonchev–Trinajstić information content (AvgIpc) is 2.96. The number of aryl methyl sites for hydroxylation is 1. The van der Waals surface area contributed by atoms with Crippen molar-refractivity contribution in [3.05, 3.63) is 41.1 Å². The molecule has 1 amide bonds. The van der Waals surface area contributed by atoms with E-state index in [1.165, 1.54) is 0 Å². The summed E-state index contributed by atoms with van der Waals surface area (Å²) in [6.07, 6.45) is 1.63. The molecule has 0 spiro atoms. The highest BCUT2D eigenvalue weighted by atomic mass is 16.5. The molecular weight excluding hydrogens is 240 g/mol. The molecule has 1 aromatic heterocycles. The van der Waals surface area contributed by atoms with E-state index in [4.69, 9.17) is 4.52 Å². The molecule has 0 unspecified atom stereocenters. The second kappa shape index (κ2) is 4.23. The number of carbonyl (C=O) groups is 1. The van der Waals surface area contributed by atoms with Crippen LogP contribution in [-0.4, -0.2) is 22.0 Å². The van der Waals surface area contributed by atoms with E-state index in [0.717, 1.165) is 28.0 Å². The Morgan fingerprint density at radius 3 is 2.79 bits per heavy atom. The fraction of sp³-hybridized carbons (Fsp3) is 0.333. The van der Waals surface area contributed by atoms with Crippen molar-refractivity contribution in [1.82, 2.24) is 10.1 Å². The molecule has 0 aliphatic carbocycles. The molecule has 4 nitrogen and oxygen atoms in total. The van der Waals surface area contributed by atoms with E-state index >= 15 is 0 Å². The van der Waals surface area contributed by atoms with Crippen molar-refractivity contribution in [2.75, 3.05) is 0 Å². The van der Waals surface area contributed by atoms with Crippen LogP contribution in [0, 0.1) is 6.92 Å². The molecule has 0 saturated carbocycles. The molecule has 0 radical (unpaired) electrons. The Balaban J connectivity index is 2.09. The number of rotatable bonds is 2. The summed E-state index contributed by atoms with van der Waals surface area (Å²) in [5, 5.41) is 3.73. The first kappa shape index (κ1) is 12.0. The van der Waals surface area contributed by atoms with Crippen LogP contribution in [0.5, 0.6) is 0 Å². The van der Waals surface area contributed by atoms with Crippen molar-refractivity contribution >= 4 is 5.91 Å². The zero-order chi connectivity index (χ0) is 13.6. The molecule has 0 bridgehead atoms. The normalized spacial score (nSPS) is 14.3. The van der Waals surface area contributed by atoms with Gasteiger partial charge in [-0.2, -0.15) is 0 Å². The van der Waals surface area contributed by atoms with Crippen molar-refractivity contribution in [2.24, 2.45) is 0 Å². The number of aromatic nitrogens is 1. The highest BCUT2D eigenvalue weighted by Gasteiger charge is 2.31. The minimum Gasteiger partial charge on any atom is -0.356 e. The van der Waals surface area contributed by atoms with E-state index in [1.54, 1.807) is 6.20 Å². The third kappa shape index (κ3) is 1.84. The molecule has 4 heteroatoms. The minimum atomic E-state index is 0.131.